The first-order chi connectivity index (χ1) is 13.5. The van der Waals surface area contributed by atoms with Crippen LogP contribution in [0.3, 0.4) is 0 Å². The molecule has 28 heavy (non-hydrogen) atoms. The molecule has 0 aliphatic rings. The molecular weight excluding hydrogens is 410 g/mol. The molecule has 4 aromatic rings. The third-order valence-corrected chi connectivity index (χ3v) is 5.33. The molecule has 2 aromatic carbocycles. The van der Waals surface area contributed by atoms with Crippen LogP contribution >= 0.6 is 15.9 Å². The predicted molar refractivity (Wildman–Crippen MR) is 122 cm³/mol. The van der Waals surface area contributed by atoms with Gasteiger partial charge in [-0.15, -0.1) is 0 Å². The maximum absolute atomic E-state index is 4.92. The van der Waals surface area contributed by atoms with Gasteiger partial charge in [-0.2, -0.15) is 0 Å². The smallest absolute Gasteiger partial charge is 0.142 e. The largest absolute Gasteiger partial charge is 0.339 e. The Labute approximate surface area is 173 Å². The standard InChI is InChI=1S/C24H22BrN3/c1-16-8-7-9-17(2)22(16)27-24-23(18(3)14-19-10-5-4-6-11-19)26-21-13-12-20(25)15-28(21)24/h4-15,27H,1-3H3/b18-14+. The van der Waals surface area contributed by atoms with E-state index in [2.05, 4.69) is 101 Å². The minimum atomic E-state index is 0.910. The van der Waals surface area contributed by atoms with Crippen LogP contribution in [0.4, 0.5) is 11.5 Å². The Morgan fingerprint density at radius 1 is 0.964 bits per heavy atom. The number of hydrogen-bond donors (Lipinski definition) is 1. The number of anilines is 2. The van der Waals surface area contributed by atoms with E-state index in [0.29, 0.717) is 0 Å². The van der Waals surface area contributed by atoms with Gasteiger partial charge in [0.05, 0.1) is 0 Å². The summed E-state index contributed by atoms with van der Waals surface area (Å²) < 4.78 is 3.12. The summed E-state index contributed by atoms with van der Waals surface area (Å²) >= 11 is 3.59. The molecule has 0 radical (unpaired) electrons. The zero-order chi connectivity index (χ0) is 19.7. The number of halogens is 1. The van der Waals surface area contributed by atoms with Crippen molar-refractivity contribution in [3.63, 3.8) is 0 Å². The molecule has 140 valence electrons. The van der Waals surface area contributed by atoms with Gasteiger partial charge in [-0.25, -0.2) is 4.98 Å². The van der Waals surface area contributed by atoms with Crippen LogP contribution in [-0.2, 0) is 0 Å². The summed E-state index contributed by atoms with van der Waals surface area (Å²) in [5.74, 6) is 0.971. The molecule has 0 unspecified atom stereocenters. The lowest BCUT2D eigenvalue weighted by Crippen LogP contribution is -2.01. The van der Waals surface area contributed by atoms with Crippen molar-refractivity contribution in [2.75, 3.05) is 5.32 Å². The number of hydrogen-bond acceptors (Lipinski definition) is 2. The molecule has 0 atom stereocenters. The van der Waals surface area contributed by atoms with Crippen molar-refractivity contribution in [3.05, 3.63) is 93.7 Å². The lowest BCUT2D eigenvalue weighted by molar-refractivity contribution is 1.17. The Morgan fingerprint density at radius 3 is 2.39 bits per heavy atom. The highest BCUT2D eigenvalue weighted by Gasteiger charge is 2.16. The monoisotopic (exact) mass is 431 g/mol. The lowest BCUT2D eigenvalue weighted by atomic mass is 10.1. The van der Waals surface area contributed by atoms with Crippen LogP contribution < -0.4 is 5.32 Å². The minimum Gasteiger partial charge on any atom is -0.339 e. The Kier molecular flexibility index (Phi) is 5.05. The van der Waals surface area contributed by atoms with Crippen LogP contribution in [0.2, 0.25) is 0 Å². The van der Waals surface area contributed by atoms with Gasteiger partial charge in [0.2, 0.25) is 0 Å². The summed E-state index contributed by atoms with van der Waals surface area (Å²) in [4.78, 5) is 4.92. The number of nitrogens with zero attached hydrogens (tertiary/aromatic N) is 2. The zero-order valence-corrected chi connectivity index (χ0v) is 17.8. The van der Waals surface area contributed by atoms with Crippen LogP contribution in [0.5, 0.6) is 0 Å². The van der Waals surface area contributed by atoms with E-state index in [1.54, 1.807) is 0 Å². The van der Waals surface area contributed by atoms with Gasteiger partial charge in [0.25, 0.3) is 0 Å². The number of imidazole rings is 1. The van der Waals surface area contributed by atoms with Crippen LogP contribution in [0, 0.1) is 13.8 Å². The minimum absolute atomic E-state index is 0.910. The number of fused-ring (bicyclic) bond motifs is 1. The number of rotatable bonds is 4. The van der Waals surface area contributed by atoms with E-state index in [9.17, 15) is 0 Å². The summed E-state index contributed by atoms with van der Waals surface area (Å²) in [6.45, 7) is 6.36. The maximum Gasteiger partial charge on any atom is 0.142 e. The average Bonchev–Trinajstić information content (AvgIpc) is 3.03. The van der Waals surface area contributed by atoms with E-state index >= 15 is 0 Å². The van der Waals surface area contributed by atoms with Crippen molar-refractivity contribution in [2.24, 2.45) is 0 Å². The molecule has 2 heterocycles. The summed E-state index contributed by atoms with van der Waals surface area (Å²) in [6, 6.07) is 20.7. The summed E-state index contributed by atoms with van der Waals surface area (Å²) in [6.07, 6.45) is 4.23. The van der Waals surface area contributed by atoms with Crippen LogP contribution in [0.25, 0.3) is 17.3 Å². The van der Waals surface area contributed by atoms with Crippen molar-refractivity contribution in [2.45, 2.75) is 20.8 Å². The third-order valence-electron chi connectivity index (χ3n) is 4.86. The fraction of sp³-hybridized carbons (Fsp3) is 0.125. The van der Waals surface area contributed by atoms with Crippen LogP contribution in [0.15, 0.2) is 71.3 Å². The van der Waals surface area contributed by atoms with E-state index < -0.39 is 0 Å². The van der Waals surface area contributed by atoms with E-state index in [4.69, 9.17) is 4.98 Å². The number of aromatic nitrogens is 2. The number of aryl methyl sites for hydroxylation is 2. The van der Waals surface area contributed by atoms with E-state index in [1.807, 2.05) is 18.2 Å². The first-order valence-electron chi connectivity index (χ1n) is 9.27. The summed E-state index contributed by atoms with van der Waals surface area (Å²) in [5.41, 5.74) is 7.67. The van der Waals surface area contributed by atoms with Crippen LogP contribution in [-0.4, -0.2) is 9.38 Å². The van der Waals surface area contributed by atoms with E-state index in [1.165, 1.54) is 11.1 Å². The molecule has 0 spiro atoms. The number of benzene rings is 2. The fourth-order valence-electron chi connectivity index (χ4n) is 3.41. The van der Waals surface area contributed by atoms with Crippen molar-refractivity contribution in [1.29, 1.82) is 0 Å². The van der Waals surface area contributed by atoms with Gasteiger partial charge in [-0.1, -0.05) is 48.5 Å². The molecule has 0 saturated heterocycles. The molecule has 0 aliphatic heterocycles. The van der Waals surface area contributed by atoms with Gasteiger partial charge < -0.3 is 5.32 Å². The molecule has 0 fully saturated rings. The molecule has 0 aliphatic carbocycles. The first-order valence-corrected chi connectivity index (χ1v) is 10.1. The van der Waals surface area contributed by atoms with Gasteiger partial charge in [-0.05, 0) is 77.2 Å². The number of para-hydroxylation sites is 1. The van der Waals surface area contributed by atoms with Gasteiger partial charge in [0.1, 0.15) is 17.2 Å². The highest BCUT2D eigenvalue weighted by atomic mass is 79.9. The summed E-state index contributed by atoms with van der Waals surface area (Å²) in [7, 11) is 0. The Morgan fingerprint density at radius 2 is 1.68 bits per heavy atom. The third kappa shape index (κ3) is 3.60. The second-order valence-electron chi connectivity index (χ2n) is 7.01. The Hall–Kier alpha value is -2.85. The predicted octanol–water partition coefficient (Wildman–Crippen LogP) is 7.02. The lowest BCUT2D eigenvalue weighted by Gasteiger charge is -2.14. The fourth-order valence-corrected chi connectivity index (χ4v) is 3.75. The first kappa shape index (κ1) is 18.5. The van der Waals surface area contributed by atoms with Gasteiger partial charge in [-0.3, -0.25) is 4.40 Å². The van der Waals surface area contributed by atoms with Crippen molar-refractivity contribution < 1.29 is 0 Å². The summed E-state index contributed by atoms with van der Waals surface area (Å²) in [5, 5.41) is 3.66. The second kappa shape index (κ2) is 7.64. The van der Waals surface area contributed by atoms with Crippen molar-refractivity contribution >= 4 is 44.7 Å². The Bertz CT molecular complexity index is 1150. The van der Waals surface area contributed by atoms with Gasteiger partial charge >= 0.3 is 0 Å². The van der Waals surface area contributed by atoms with Gasteiger partial charge in [0.15, 0.2) is 0 Å². The topological polar surface area (TPSA) is 29.3 Å². The quantitative estimate of drug-likeness (QED) is 0.376. The van der Waals surface area contributed by atoms with E-state index in [-0.39, 0.29) is 0 Å². The van der Waals surface area contributed by atoms with Gasteiger partial charge in [0, 0.05) is 16.4 Å². The zero-order valence-electron chi connectivity index (χ0n) is 16.2. The molecule has 3 nitrogen and oxygen atoms in total. The number of allylic oxidation sites excluding steroid dienone is 1. The SMILES string of the molecule is C/C(=C\c1ccccc1)c1nc2ccc(Br)cn2c1Nc1c(C)cccc1C. The van der Waals surface area contributed by atoms with Crippen LogP contribution in [0.1, 0.15) is 29.3 Å². The average molecular weight is 432 g/mol. The molecule has 1 N–H and O–H groups in total. The van der Waals surface area contributed by atoms with Crippen molar-refractivity contribution in [1.82, 2.24) is 9.38 Å². The Balaban J connectivity index is 1.89. The molecular formula is C24H22BrN3. The number of pyridine rings is 1. The molecule has 0 bridgehead atoms. The van der Waals surface area contributed by atoms with E-state index in [0.717, 1.165) is 38.5 Å². The molecule has 0 saturated carbocycles. The second-order valence-corrected chi connectivity index (χ2v) is 7.93. The molecule has 4 heteroatoms. The molecule has 4 rings (SSSR count). The molecule has 0 amide bonds. The normalized spacial score (nSPS) is 11.8. The highest BCUT2D eigenvalue weighted by molar-refractivity contribution is 9.10. The number of nitrogens with one attached hydrogen (secondary N) is 1. The van der Waals surface area contributed by atoms with Crippen molar-refractivity contribution in [3.8, 4) is 0 Å². The molecule has 2 aromatic heterocycles. The highest BCUT2D eigenvalue weighted by Crippen LogP contribution is 2.32. The maximum atomic E-state index is 4.92.